The number of rotatable bonds is 3. The molecule has 2 saturated heterocycles. The van der Waals surface area contributed by atoms with Crippen molar-refractivity contribution in [3.8, 4) is 11.3 Å². The molecule has 2 aromatic rings. The van der Waals surface area contributed by atoms with Gasteiger partial charge in [-0.2, -0.15) is 0 Å². The van der Waals surface area contributed by atoms with E-state index in [-0.39, 0.29) is 18.2 Å². The number of hydrogen-bond donors (Lipinski definition) is 1. The highest BCUT2D eigenvalue weighted by Crippen LogP contribution is 2.47. The predicted octanol–water partition coefficient (Wildman–Crippen LogP) is 4.14. The number of amides is 2. The van der Waals surface area contributed by atoms with E-state index in [0.717, 1.165) is 30.4 Å². The second kappa shape index (κ2) is 8.95. The molecule has 2 fully saturated rings. The first kappa shape index (κ1) is 23.8. The Hall–Kier alpha value is -2.91. The number of pyridine rings is 2. The van der Waals surface area contributed by atoms with Gasteiger partial charge in [0.1, 0.15) is 17.9 Å². The molecule has 0 radical (unpaired) electrons. The van der Waals surface area contributed by atoms with Gasteiger partial charge in [-0.05, 0) is 58.2 Å². The molecule has 35 heavy (non-hydrogen) atoms. The molecule has 0 saturated carbocycles. The van der Waals surface area contributed by atoms with Crippen LogP contribution >= 0.6 is 11.6 Å². The van der Waals surface area contributed by atoms with E-state index in [9.17, 15) is 14.7 Å². The van der Waals surface area contributed by atoms with Crippen LogP contribution in [0.25, 0.3) is 11.3 Å². The summed E-state index contributed by atoms with van der Waals surface area (Å²) in [5.74, 6) is 1.28. The van der Waals surface area contributed by atoms with E-state index in [1.807, 2.05) is 26.8 Å². The predicted molar refractivity (Wildman–Crippen MR) is 133 cm³/mol. The highest BCUT2D eigenvalue weighted by atomic mass is 35.5. The zero-order valence-corrected chi connectivity index (χ0v) is 21.0. The summed E-state index contributed by atoms with van der Waals surface area (Å²) < 4.78 is 5.96. The van der Waals surface area contributed by atoms with Crippen molar-refractivity contribution in [3.05, 3.63) is 35.0 Å². The highest BCUT2D eigenvalue weighted by molar-refractivity contribution is 6.31. The number of hydrogen-bond acceptors (Lipinski definition) is 6. The van der Waals surface area contributed by atoms with Gasteiger partial charge in [0, 0.05) is 54.6 Å². The number of fused-ring (bicyclic) bond motifs is 1. The van der Waals surface area contributed by atoms with Gasteiger partial charge in [0.2, 0.25) is 5.91 Å². The van der Waals surface area contributed by atoms with Crippen molar-refractivity contribution < 1.29 is 19.4 Å². The Balaban J connectivity index is 1.55. The number of carbonyl (C=O) groups excluding carboxylic acids is 1. The fourth-order valence-electron chi connectivity index (χ4n) is 5.40. The number of halogens is 1. The van der Waals surface area contributed by atoms with Crippen molar-refractivity contribution in [2.45, 2.75) is 57.7 Å². The normalized spacial score (nSPS) is 24.0. The lowest BCUT2D eigenvalue weighted by Gasteiger charge is -2.39. The van der Waals surface area contributed by atoms with Gasteiger partial charge in [0.05, 0.1) is 11.1 Å². The minimum Gasteiger partial charge on any atom is -0.465 e. The lowest BCUT2D eigenvalue weighted by molar-refractivity contribution is -0.125. The first-order valence-corrected chi connectivity index (χ1v) is 12.4. The van der Waals surface area contributed by atoms with Gasteiger partial charge in [0.25, 0.3) is 0 Å². The van der Waals surface area contributed by atoms with Crippen LogP contribution in [0.5, 0.6) is 0 Å². The van der Waals surface area contributed by atoms with Crippen LogP contribution in [0.1, 0.15) is 45.6 Å². The van der Waals surface area contributed by atoms with Crippen LogP contribution in [-0.4, -0.2) is 70.5 Å². The van der Waals surface area contributed by atoms with Gasteiger partial charge in [0.15, 0.2) is 0 Å². The van der Waals surface area contributed by atoms with Crippen LogP contribution in [0.15, 0.2) is 24.4 Å². The van der Waals surface area contributed by atoms with E-state index in [2.05, 4.69) is 9.88 Å². The molecule has 1 N–H and O–H groups in total. The molecule has 5 heterocycles. The summed E-state index contributed by atoms with van der Waals surface area (Å²) in [6.45, 7) is 7.75. The van der Waals surface area contributed by atoms with Gasteiger partial charge in [-0.3, -0.25) is 9.69 Å². The van der Waals surface area contributed by atoms with Crippen LogP contribution in [0.2, 0.25) is 5.02 Å². The van der Waals surface area contributed by atoms with Crippen molar-refractivity contribution >= 4 is 35.2 Å². The number of ether oxygens (including phenoxy) is 1. The number of carboxylic acid groups (broad SMARTS) is 1. The monoisotopic (exact) mass is 499 g/mol. The molecule has 10 heteroatoms. The number of carbonyl (C=O) groups is 2. The minimum absolute atomic E-state index is 0.0278. The van der Waals surface area contributed by atoms with Crippen molar-refractivity contribution in [2.75, 3.05) is 36.0 Å². The largest absolute Gasteiger partial charge is 0.465 e. The van der Waals surface area contributed by atoms with Crippen LogP contribution in [0, 0.1) is 0 Å². The van der Waals surface area contributed by atoms with E-state index >= 15 is 0 Å². The number of piperazine rings is 1. The van der Waals surface area contributed by atoms with E-state index in [1.54, 1.807) is 23.2 Å². The number of aromatic nitrogens is 2. The van der Waals surface area contributed by atoms with Crippen molar-refractivity contribution in [1.82, 2.24) is 14.9 Å². The highest BCUT2D eigenvalue weighted by Gasteiger charge is 2.49. The van der Waals surface area contributed by atoms with Crippen LogP contribution in [0.3, 0.4) is 0 Å². The van der Waals surface area contributed by atoms with Crippen molar-refractivity contribution in [2.24, 2.45) is 0 Å². The van der Waals surface area contributed by atoms with Gasteiger partial charge in [-0.15, -0.1) is 0 Å². The molecule has 0 bridgehead atoms. The zero-order chi connectivity index (χ0) is 24.9. The lowest BCUT2D eigenvalue weighted by atomic mass is 9.83. The smallest absolute Gasteiger partial charge is 0.407 e. The number of anilines is 2. The first-order chi connectivity index (χ1) is 16.7. The number of nitrogens with zero attached hydrogens (tertiary/aromatic N) is 5. The summed E-state index contributed by atoms with van der Waals surface area (Å²) in [5.41, 5.74) is 1.49. The van der Waals surface area contributed by atoms with E-state index in [0.29, 0.717) is 48.6 Å². The van der Waals surface area contributed by atoms with Crippen LogP contribution < -0.4 is 9.80 Å². The van der Waals surface area contributed by atoms with E-state index < -0.39 is 11.5 Å². The average Bonchev–Trinajstić information content (AvgIpc) is 3.04. The quantitative estimate of drug-likeness (QED) is 0.677. The molecule has 0 aromatic carbocycles. The maximum absolute atomic E-state index is 13.6. The third-order valence-corrected chi connectivity index (χ3v) is 7.44. The van der Waals surface area contributed by atoms with Gasteiger partial charge >= 0.3 is 6.09 Å². The summed E-state index contributed by atoms with van der Waals surface area (Å²) in [5, 5.41) is 9.88. The summed E-state index contributed by atoms with van der Waals surface area (Å²) in [6.07, 6.45) is 3.27. The fraction of sp³-hybridized carbons (Fsp3) is 0.520. The molecule has 3 aliphatic rings. The Bertz CT molecular complexity index is 1170. The Morgan fingerprint density at radius 3 is 2.74 bits per heavy atom. The van der Waals surface area contributed by atoms with E-state index in [1.165, 1.54) is 4.90 Å². The zero-order valence-electron chi connectivity index (χ0n) is 20.2. The Labute approximate surface area is 209 Å². The molecule has 9 nitrogen and oxygen atoms in total. The van der Waals surface area contributed by atoms with E-state index in [4.69, 9.17) is 21.3 Å². The fourth-order valence-corrected chi connectivity index (χ4v) is 5.60. The topological polar surface area (TPSA) is 99.1 Å². The average molecular weight is 500 g/mol. The molecule has 0 spiro atoms. The first-order valence-electron chi connectivity index (χ1n) is 12.1. The maximum Gasteiger partial charge on any atom is 0.407 e. The third-order valence-electron chi connectivity index (χ3n) is 7.23. The second-order valence-electron chi connectivity index (χ2n) is 9.98. The summed E-state index contributed by atoms with van der Waals surface area (Å²) in [6, 6.07) is 5.43. The molecule has 0 aliphatic carbocycles. The molecule has 2 aromatic heterocycles. The lowest BCUT2D eigenvalue weighted by Crippen LogP contribution is -2.53. The van der Waals surface area contributed by atoms with Crippen LogP contribution in [0.4, 0.5) is 16.4 Å². The summed E-state index contributed by atoms with van der Waals surface area (Å²) >= 11 is 6.56. The molecule has 1 unspecified atom stereocenters. The van der Waals surface area contributed by atoms with Crippen LogP contribution in [-0.2, 0) is 14.9 Å². The molecular weight excluding hydrogens is 470 g/mol. The van der Waals surface area contributed by atoms with Gasteiger partial charge in [-0.1, -0.05) is 11.6 Å². The maximum atomic E-state index is 13.6. The Kier molecular flexibility index (Phi) is 6.09. The Morgan fingerprint density at radius 2 is 2.06 bits per heavy atom. The van der Waals surface area contributed by atoms with Gasteiger partial charge in [-0.25, -0.2) is 14.8 Å². The molecule has 2 atom stereocenters. The third kappa shape index (κ3) is 4.10. The standard InChI is InChI=1S/C25H30ClN5O4/c1-15-14-29(24(33)34)9-10-30(15)19-13-16(26)12-18(28-19)17-7-8-27-22-21(17)25(2,3)23(32)31(22)20-6-4-5-11-35-20/h7-8,12-13,15,20H,4-6,9-11,14H2,1-3H3,(H,33,34)/t15-,20?/m1/s1. The SMILES string of the molecule is C[C@@H]1CN(C(=O)O)CCN1c1cc(Cl)cc(-c2ccnc3c2C(C)(C)C(=O)N3C2CCCCO2)n1. The molecule has 5 rings (SSSR count). The van der Waals surface area contributed by atoms with Crippen molar-refractivity contribution in [3.63, 3.8) is 0 Å². The summed E-state index contributed by atoms with van der Waals surface area (Å²) in [7, 11) is 0. The minimum atomic E-state index is -0.915. The molecule has 186 valence electrons. The van der Waals surface area contributed by atoms with Gasteiger partial charge < -0.3 is 19.6 Å². The van der Waals surface area contributed by atoms with Crippen molar-refractivity contribution in [1.29, 1.82) is 0 Å². The second-order valence-corrected chi connectivity index (χ2v) is 10.4. The Morgan fingerprint density at radius 1 is 1.26 bits per heavy atom. The molecule has 3 aliphatic heterocycles. The molecular formula is C25H30ClN5O4. The summed E-state index contributed by atoms with van der Waals surface area (Å²) in [4.78, 5) is 39.7. The molecule has 2 amide bonds.